The summed E-state index contributed by atoms with van der Waals surface area (Å²) in [7, 11) is 0. The lowest BCUT2D eigenvalue weighted by Crippen LogP contribution is -2.60. The molecule has 3 heterocycles. The highest BCUT2D eigenvalue weighted by molar-refractivity contribution is 5.69. The minimum absolute atomic E-state index is 0.00479. The van der Waals surface area contributed by atoms with Gasteiger partial charge in [0, 0.05) is 47.8 Å². The van der Waals surface area contributed by atoms with Crippen LogP contribution in [0, 0.1) is 0 Å². The Kier molecular flexibility index (Phi) is 7.45. The van der Waals surface area contributed by atoms with Gasteiger partial charge in [-0.1, -0.05) is 0 Å². The van der Waals surface area contributed by atoms with E-state index in [9.17, 15) is 20.0 Å². The maximum Gasteiger partial charge on any atom is 0.348 e. The maximum absolute atomic E-state index is 12.6. The van der Waals surface area contributed by atoms with E-state index >= 15 is 0 Å². The monoisotopic (exact) mass is 493 g/mol. The summed E-state index contributed by atoms with van der Waals surface area (Å²) in [5.74, 6) is -0.778. The van der Waals surface area contributed by atoms with Gasteiger partial charge in [0.05, 0.1) is 0 Å². The van der Waals surface area contributed by atoms with Gasteiger partial charge in [0.1, 0.15) is 24.6 Å². The predicted octanol–water partition coefficient (Wildman–Crippen LogP) is 2.60. The van der Waals surface area contributed by atoms with Crippen molar-refractivity contribution in [2.24, 2.45) is 0 Å². The van der Waals surface area contributed by atoms with Crippen molar-refractivity contribution in [3.8, 4) is 0 Å². The van der Waals surface area contributed by atoms with Crippen molar-refractivity contribution < 1.29 is 34.0 Å². The average Bonchev–Trinajstić information content (AvgIpc) is 3.09. The molecule has 0 aromatic carbocycles. The van der Waals surface area contributed by atoms with Crippen molar-refractivity contribution >= 4 is 11.9 Å². The summed E-state index contributed by atoms with van der Waals surface area (Å²) in [4.78, 5) is 25.1. The van der Waals surface area contributed by atoms with Crippen LogP contribution in [0.2, 0.25) is 0 Å². The van der Waals surface area contributed by atoms with E-state index in [1.54, 1.807) is 27.9 Å². The zero-order valence-electron chi connectivity index (χ0n) is 22.4. The first-order valence-corrected chi connectivity index (χ1v) is 12.3. The van der Waals surface area contributed by atoms with Gasteiger partial charge in [0.25, 0.3) is 0 Å². The highest BCUT2D eigenvalue weighted by atomic mass is 16.6. The molecule has 2 aliphatic heterocycles. The lowest BCUT2D eigenvalue weighted by Gasteiger charge is -2.49. The molecule has 10 heteroatoms. The molecule has 3 rings (SSSR count). The standard InChI is InChI=1S/C25H41N4O6/c1-22(2)11-18(12-23(3,4)28(22)32)34-20(30)15-26-9-10-27(17-26)16-21(31)35-19-13-24(5,6)29(33)25(7,8)14-19/h9-10,17-19H,11-16H2,1-8H3/q+1. The number of nitrogens with zero attached hydrogens (tertiary/aromatic N) is 4. The van der Waals surface area contributed by atoms with Crippen LogP contribution < -0.4 is 4.57 Å². The fraction of sp³-hybridized carbons (Fsp3) is 0.800. The van der Waals surface area contributed by atoms with Crippen LogP contribution in [0.4, 0.5) is 0 Å². The van der Waals surface area contributed by atoms with Gasteiger partial charge in [0.15, 0.2) is 13.1 Å². The highest BCUT2D eigenvalue weighted by Crippen LogP contribution is 2.39. The summed E-state index contributed by atoms with van der Waals surface area (Å²) < 4.78 is 14.7. The molecule has 2 saturated heterocycles. The smallest absolute Gasteiger partial charge is 0.348 e. The van der Waals surface area contributed by atoms with E-state index in [1.807, 2.05) is 55.4 Å². The topological polar surface area (TPSA) is 108 Å². The first-order chi connectivity index (χ1) is 15.9. The number of piperidine rings is 2. The van der Waals surface area contributed by atoms with Gasteiger partial charge >= 0.3 is 11.9 Å². The highest BCUT2D eigenvalue weighted by Gasteiger charge is 2.48. The number of esters is 2. The van der Waals surface area contributed by atoms with Gasteiger partial charge in [-0.2, -0.15) is 0 Å². The molecule has 1 aromatic rings. The Labute approximate surface area is 208 Å². The second kappa shape index (κ2) is 9.46. The first kappa shape index (κ1) is 27.6. The number of imidazole rings is 1. The number of hydroxylamine groups is 4. The van der Waals surface area contributed by atoms with Crippen LogP contribution in [0.1, 0.15) is 81.1 Å². The number of hydrogen-bond donors (Lipinski definition) is 0. The lowest BCUT2D eigenvalue weighted by atomic mass is 9.80. The number of hydrogen-bond acceptors (Lipinski definition) is 6. The minimum Gasteiger partial charge on any atom is -0.459 e. The van der Waals surface area contributed by atoms with Crippen molar-refractivity contribution in [3.05, 3.63) is 18.7 Å². The van der Waals surface area contributed by atoms with E-state index in [4.69, 9.17) is 9.47 Å². The van der Waals surface area contributed by atoms with Gasteiger partial charge in [-0.25, -0.2) is 18.7 Å². The molecule has 10 nitrogen and oxygen atoms in total. The maximum atomic E-state index is 12.6. The van der Waals surface area contributed by atoms with Crippen LogP contribution in [-0.4, -0.2) is 61.0 Å². The summed E-state index contributed by atoms with van der Waals surface area (Å²) in [6.07, 6.45) is 6.29. The zero-order valence-corrected chi connectivity index (χ0v) is 22.4. The SMILES string of the molecule is CC1(C)CC(OC(=O)Cn2cc[n+](CC(=O)OC3CC(C)(C)N([O])C(C)(C)C3)c2)CC(C)(C)N1[O]. The van der Waals surface area contributed by atoms with Crippen LogP contribution in [0.25, 0.3) is 0 Å². The average molecular weight is 494 g/mol. The fourth-order valence-electron chi connectivity index (χ4n) is 5.88. The van der Waals surface area contributed by atoms with Crippen LogP contribution in [0.3, 0.4) is 0 Å². The molecule has 2 aliphatic rings. The number of rotatable bonds is 6. The third kappa shape index (κ3) is 6.41. The van der Waals surface area contributed by atoms with Crippen molar-refractivity contribution in [1.29, 1.82) is 0 Å². The Balaban J connectivity index is 1.51. The van der Waals surface area contributed by atoms with E-state index in [0.29, 0.717) is 25.7 Å². The zero-order chi connectivity index (χ0) is 26.4. The van der Waals surface area contributed by atoms with E-state index in [1.165, 1.54) is 0 Å². The Morgan fingerprint density at radius 1 is 0.771 bits per heavy atom. The van der Waals surface area contributed by atoms with Gasteiger partial charge in [-0.3, -0.25) is 0 Å². The van der Waals surface area contributed by atoms with Crippen LogP contribution >= 0.6 is 0 Å². The summed E-state index contributed by atoms with van der Waals surface area (Å²) in [5.41, 5.74) is -2.45. The Hall–Kier alpha value is -2.01. The molecule has 0 amide bonds. The molecule has 0 unspecified atom stereocenters. The third-order valence-electron chi connectivity index (χ3n) is 7.07. The quantitative estimate of drug-likeness (QED) is 0.445. The number of carbonyl (C=O) groups is 2. The predicted molar refractivity (Wildman–Crippen MR) is 124 cm³/mol. The normalized spacial score (nSPS) is 24.7. The van der Waals surface area contributed by atoms with Crippen LogP contribution in [0.15, 0.2) is 18.7 Å². The fourth-order valence-corrected chi connectivity index (χ4v) is 5.88. The number of carbonyl (C=O) groups excluding carboxylic acids is 2. The Bertz CT molecular complexity index is 830. The van der Waals surface area contributed by atoms with Crippen molar-refractivity contribution in [3.63, 3.8) is 0 Å². The molecule has 0 N–H and O–H groups in total. The number of ether oxygens (including phenoxy) is 2. The van der Waals surface area contributed by atoms with E-state index in [2.05, 4.69) is 0 Å². The molecular formula is C25H41N4O6+. The second-order valence-electron chi connectivity index (χ2n) is 12.6. The van der Waals surface area contributed by atoms with E-state index < -0.39 is 22.2 Å². The molecule has 0 spiro atoms. The molecule has 0 bridgehead atoms. The molecule has 2 radical (unpaired) electrons. The van der Waals surface area contributed by atoms with Gasteiger partial charge in [0.2, 0.25) is 6.33 Å². The lowest BCUT2D eigenvalue weighted by molar-refractivity contribution is -0.685. The van der Waals surface area contributed by atoms with Gasteiger partial charge < -0.3 is 9.47 Å². The largest absolute Gasteiger partial charge is 0.459 e. The molecule has 0 aliphatic carbocycles. The molecule has 1 aromatic heterocycles. The van der Waals surface area contributed by atoms with E-state index in [0.717, 1.165) is 10.1 Å². The van der Waals surface area contributed by atoms with Crippen LogP contribution in [0.5, 0.6) is 0 Å². The summed E-state index contributed by atoms with van der Waals surface area (Å²) in [5, 5.41) is 27.2. The molecular weight excluding hydrogens is 452 g/mol. The third-order valence-corrected chi connectivity index (χ3v) is 7.07. The molecule has 196 valence electrons. The molecule has 0 saturated carbocycles. The molecule has 35 heavy (non-hydrogen) atoms. The summed E-state index contributed by atoms with van der Waals surface area (Å²) in [6.45, 7) is 14.9. The molecule has 2 fully saturated rings. The second-order valence-corrected chi connectivity index (χ2v) is 12.6. The van der Waals surface area contributed by atoms with Crippen molar-refractivity contribution in [2.75, 3.05) is 0 Å². The number of aromatic nitrogens is 2. The summed E-state index contributed by atoms with van der Waals surface area (Å²) in [6, 6.07) is 0. The Morgan fingerprint density at radius 2 is 1.17 bits per heavy atom. The minimum atomic E-state index is -0.613. The first-order valence-electron chi connectivity index (χ1n) is 12.3. The molecule has 0 atom stereocenters. The van der Waals surface area contributed by atoms with Gasteiger partial charge in [-0.15, -0.1) is 20.5 Å². The Morgan fingerprint density at radius 3 is 1.60 bits per heavy atom. The van der Waals surface area contributed by atoms with Crippen molar-refractivity contribution in [1.82, 2.24) is 14.7 Å². The van der Waals surface area contributed by atoms with E-state index in [-0.39, 0.29) is 37.2 Å². The van der Waals surface area contributed by atoms with Gasteiger partial charge in [-0.05, 0) is 55.4 Å². The summed E-state index contributed by atoms with van der Waals surface area (Å²) >= 11 is 0. The van der Waals surface area contributed by atoms with Crippen molar-refractivity contribution in [2.45, 2.75) is 129 Å². The van der Waals surface area contributed by atoms with Crippen LogP contribution in [-0.2, 0) is 42.6 Å².